The number of rotatable bonds is 9. The minimum absolute atomic E-state index is 0.0318. The molecular weight excluding hydrogens is 340 g/mol. The van der Waals surface area contributed by atoms with Gasteiger partial charge in [0, 0.05) is 13.0 Å². The van der Waals surface area contributed by atoms with Crippen LogP contribution in [0.25, 0.3) is 0 Å². The number of methoxy groups -OCH3 is 1. The van der Waals surface area contributed by atoms with Crippen LogP contribution in [-0.4, -0.2) is 19.6 Å². The Labute approximate surface area is 152 Å². The highest BCUT2D eigenvalue weighted by molar-refractivity contribution is 5.75. The largest absolute Gasteiger partial charge is 0.493 e. The van der Waals surface area contributed by atoms with Gasteiger partial charge in [0.05, 0.1) is 7.11 Å². The lowest BCUT2D eigenvalue weighted by Gasteiger charge is -2.12. The summed E-state index contributed by atoms with van der Waals surface area (Å²) < 4.78 is 34.1. The molecule has 140 valence electrons. The van der Waals surface area contributed by atoms with E-state index >= 15 is 0 Å². The minimum atomic E-state index is -2.91. The van der Waals surface area contributed by atoms with Crippen molar-refractivity contribution in [2.24, 2.45) is 0 Å². The molecule has 2 aromatic carbocycles. The van der Waals surface area contributed by atoms with Crippen molar-refractivity contribution in [1.82, 2.24) is 5.32 Å². The van der Waals surface area contributed by atoms with Crippen LogP contribution in [0.4, 0.5) is 8.78 Å². The highest BCUT2D eigenvalue weighted by Gasteiger charge is 2.11. The molecule has 0 aliphatic heterocycles. The van der Waals surface area contributed by atoms with Crippen LogP contribution in [0.1, 0.15) is 29.5 Å². The third-order valence-electron chi connectivity index (χ3n) is 3.92. The average Bonchev–Trinajstić information content (AvgIpc) is 2.62. The van der Waals surface area contributed by atoms with Crippen LogP contribution in [0.5, 0.6) is 11.5 Å². The second-order valence-electron chi connectivity index (χ2n) is 5.98. The SMILES string of the molecule is COc1cc(CNC(=O)CCCc2ccc(C)cc2)ccc1OC(F)F. The zero-order chi connectivity index (χ0) is 18.9. The first-order valence-corrected chi connectivity index (χ1v) is 8.42. The molecule has 0 heterocycles. The Morgan fingerprint density at radius 1 is 1.08 bits per heavy atom. The van der Waals surface area contributed by atoms with Gasteiger partial charge in [0.2, 0.25) is 5.91 Å². The van der Waals surface area contributed by atoms with Gasteiger partial charge in [-0.2, -0.15) is 8.78 Å². The van der Waals surface area contributed by atoms with Crippen molar-refractivity contribution in [3.63, 3.8) is 0 Å². The molecule has 0 aromatic heterocycles. The van der Waals surface area contributed by atoms with Crippen molar-refractivity contribution in [3.05, 3.63) is 59.2 Å². The summed E-state index contributed by atoms with van der Waals surface area (Å²) in [5.41, 5.74) is 3.17. The summed E-state index contributed by atoms with van der Waals surface area (Å²) in [5.74, 6) is 0.121. The van der Waals surface area contributed by atoms with E-state index in [-0.39, 0.29) is 17.4 Å². The van der Waals surface area contributed by atoms with Crippen LogP contribution in [-0.2, 0) is 17.8 Å². The molecule has 0 unspecified atom stereocenters. The van der Waals surface area contributed by atoms with E-state index in [0.29, 0.717) is 13.0 Å². The minimum Gasteiger partial charge on any atom is -0.493 e. The fourth-order valence-corrected chi connectivity index (χ4v) is 2.51. The smallest absolute Gasteiger partial charge is 0.387 e. The topological polar surface area (TPSA) is 47.6 Å². The van der Waals surface area contributed by atoms with Gasteiger partial charge < -0.3 is 14.8 Å². The summed E-state index contributed by atoms with van der Waals surface area (Å²) in [5, 5.41) is 2.82. The zero-order valence-electron chi connectivity index (χ0n) is 14.9. The van der Waals surface area contributed by atoms with Gasteiger partial charge in [-0.05, 0) is 43.0 Å². The monoisotopic (exact) mass is 363 g/mol. The number of nitrogens with one attached hydrogen (secondary N) is 1. The first-order chi connectivity index (χ1) is 12.5. The molecule has 0 fully saturated rings. The average molecular weight is 363 g/mol. The summed E-state index contributed by atoms with van der Waals surface area (Å²) in [7, 11) is 1.38. The predicted octanol–water partition coefficient (Wildman–Crippen LogP) is 4.24. The van der Waals surface area contributed by atoms with Crippen LogP contribution >= 0.6 is 0 Å². The number of hydrogen-bond acceptors (Lipinski definition) is 3. The fourth-order valence-electron chi connectivity index (χ4n) is 2.51. The number of carbonyl (C=O) groups excluding carboxylic acids is 1. The first-order valence-electron chi connectivity index (χ1n) is 8.42. The van der Waals surface area contributed by atoms with Crippen molar-refractivity contribution < 1.29 is 23.0 Å². The molecule has 0 spiro atoms. The van der Waals surface area contributed by atoms with Crippen LogP contribution in [0, 0.1) is 6.92 Å². The highest BCUT2D eigenvalue weighted by atomic mass is 19.3. The molecule has 2 aromatic rings. The Kier molecular flexibility index (Phi) is 7.38. The van der Waals surface area contributed by atoms with Crippen molar-refractivity contribution in [1.29, 1.82) is 0 Å². The molecule has 0 atom stereocenters. The molecule has 1 amide bonds. The van der Waals surface area contributed by atoms with Crippen molar-refractivity contribution in [2.75, 3.05) is 7.11 Å². The van der Waals surface area contributed by atoms with Crippen LogP contribution in [0.2, 0.25) is 0 Å². The van der Waals surface area contributed by atoms with Gasteiger partial charge in [0.1, 0.15) is 0 Å². The van der Waals surface area contributed by atoms with Gasteiger partial charge in [-0.1, -0.05) is 35.9 Å². The van der Waals surface area contributed by atoms with Gasteiger partial charge >= 0.3 is 6.61 Å². The van der Waals surface area contributed by atoms with Crippen LogP contribution < -0.4 is 14.8 Å². The molecule has 2 rings (SSSR count). The Balaban J connectivity index is 1.78. The Morgan fingerprint density at radius 3 is 2.42 bits per heavy atom. The molecule has 0 radical (unpaired) electrons. The number of ether oxygens (including phenoxy) is 2. The molecule has 4 nitrogen and oxygen atoms in total. The first kappa shape index (κ1) is 19.7. The third-order valence-corrected chi connectivity index (χ3v) is 3.92. The predicted molar refractivity (Wildman–Crippen MR) is 95.6 cm³/mol. The normalized spacial score (nSPS) is 10.7. The van der Waals surface area contributed by atoms with E-state index in [1.54, 1.807) is 12.1 Å². The fraction of sp³-hybridized carbons (Fsp3) is 0.350. The molecule has 0 saturated carbocycles. The molecule has 6 heteroatoms. The number of alkyl halides is 2. The summed E-state index contributed by atoms with van der Waals surface area (Å²) in [6.07, 6.45) is 2.04. The van der Waals surface area contributed by atoms with E-state index in [9.17, 15) is 13.6 Å². The van der Waals surface area contributed by atoms with Crippen LogP contribution in [0.3, 0.4) is 0 Å². The maximum Gasteiger partial charge on any atom is 0.387 e. The van der Waals surface area contributed by atoms with Gasteiger partial charge in [-0.15, -0.1) is 0 Å². The number of hydrogen-bond donors (Lipinski definition) is 1. The summed E-state index contributed by atoms with van der Waals surface area (Å²) in [6.45, 7) is -0.574. The molecule has 0 saturated heterocycles. The van der Waals surface area contributed by atoms with Crippen molar-refractivity contribution >= 4 is 5.91 Å². The summed E-state index contributed by atoms with van der Waals surface area (Å²) >= 11 is 0. The van der Waals surface area contributed by atoms with E-state index in [1.807, 2.05) is 6.92 Å². The van der Waals surface area contributed by atoms with Crippen LogP contribution in [0.15, 0.2) is 42.5 Å². The lowest BCUT2D eigenvalue weighted by atomic mass is 10.1. The zero-order valence-corrected chi connectivity index (χ0v) is 14.9. The standard InChI is InChI=1S/C20H23F2NO3/c1-14-6-8-15(9-7-14)4-3-5-19(24)23-13-16-10-11-17(26-20(21)22)18(12-16)25-2/h6-12,20H,3-5,13H2,1-2H3,(H,23,24). The van der Waals surface area contributed by atoms with Gasteiger partial charge in [0.25, 0.3) is 0 Å². The lowest BCUT2D eigenvalue weighted by molar-refractivity contribution is -0.121. The van der Waals surface area contributed by atoms with Gasteiger partial charge in [0.15, 0.2) is 11.5 Å². The summed E-state index contributed by atoms with van der Waals surface area (Å²) in [6, 6.07) is 12.9. The van der Waals surface area contributed by atoms with Crippen molar-refractivity contribution in [2.45, 2.75) is 39.3 Å². The summed E-state index contributed by atoms with van der Waals surface area (Å²) in [4.78, 5) is 12.0. The van der Waals surface area contributed by atoms with E-state index < -0.39 is 6.61 Å². The number of amides is 1. The lowest BCUT2D eigenvalue weighted by Crippen LogP contribution is -2.22. The van der Waals surface area contributed by atoms with Gasteiger partial charge in [-0.25, -0.2) is 0 Å². The Bertz CT molecular complexity index is 717. The highest BCUT2D eigenvalue weighted by Crippen LogP contribution is 2.29. The van der Waals surface area contributed by atoms with E-state index in [2.05, 4.69) is 34.3 Å². The maximum absolute atomic E-state index is 12.3. The number of benzene rings is 2. The van der Waals surface area contributed by atoms with E-state index in [0.717, 1.165) is 18.4 Å². The number of halogens is 2. The molecule has 0 bridgehead atoms. The quantitative estimate of drug-likeness (QED) is 0.725. The third kappa shape index (κ3) is 6.35. The Morgan fingerprint density at radius 2 is 1.77 bits per heavy atom. The Hall–Kier alpha value is -2.63. The number of aryl methyl sites for hydroxylation is 2. The molecule has 26 heavy (non-hydrogen) atoms. The van der Waals surface area contributed by atoms with Gasteiger partial charge in [-0.3, -0.25) is 4.79 Å². The molecule has 1 N–H and O–H groups in total. The number of carbonyl (C=O) groups is 1. The maximum atomic E-state index is 12.3. The van der Waals surface area contributed by atoms with E-state index in [4.69, 9.17) is 4.74 Å². The molecular formula is C20H23F2NO3. The molecule has 0 aliphatic carbocycles. The van der Waals surface area contributed by atoms with E-state index in [1.165, 1.54) is 24.3 Å². The second kappa shape index (κ2) is 9.75. The molecule has 0 aliphatic rings. The van der Waals surface area contributed by atoms with Crippen molar-refractivity contribution in [3.8, 4) is 11.5 Å². The second-order valence-corrected chi connectivity index (χ2v) is 5.98.